The van der Waals surface area contributed by atoms with Gasteiger partial charge in [-0.1, -0.05) is 29.3 Å². The van der Waals surface area contributed by atoms with Crippen LogP contribution in [0, 0.1) is 5.82 Å². The second-order valence-electron chi connectivity index (χ2n) is 3.97. The summed E-state index contributed by atoms with van der Waals surface area (Å²) in [5.41, 5.74) is 1.14. The molecule has 0 saturated carbocycles. The summed E-state index contributed by atoms with van der Waals surface area (Å²) < 4.78 is 14.0. The summed E-state index contributed by atoms with van der Waals surface area (Å²) in [6, 6.07) is 4.28. The van der Waals surface area contributed by atoms with Gasteiger partial charge in [-0.15, -0.1) is 11.3 Å². The molecular formula is C13H11BrFNO2S. The summed E-state index contributed by atoms with van der Waals surface area (Å²) >= 11 is 4.41. The fourth-order valence-electron chi connectivity index (χ4n) is 1.70. The smallest absolute Gasteiger partial charge is 0.347 e. The molecule has 0 bridgehead atoms. The second kappa shape index (κ2) is 5.79. The van der Waals surface area contributed by atoms with Crippen molar-refractivity contribution in [3.8, 4) is 10.6 Å². The van der Waals surface area contributed by atoms with Gasteiger partial charge in [0.05, 0.1) is 5.69 Å². The average molecular weight is 344 g/mol. The lowest BCUT2D eigenvalue weighted by atomic mass is 10.2. The van der Waals surface area contributed by atoms with Crippen molar-refractivity contribution in [3.05, 3.63) is 39.1 Å². The first kappa shape index (κ1) is 14.1. The van der Waals surface area contributed by atoms with Gasteiger partial charge < -0.3 is 5.11 Å². The maximum Gasteiger partial charge on any atom is 0.347 e. The van der Waals surface area contributed by atoms with Crippen LogP contribution in [-0.4, -0.2) is 16.1 Å². The number of benzene rings is 1. The SMILES string of the molecule is CCCc1nc(-c2cc(F)ccc2Br)sc1C(=O)O. The number of hydrogen-bond acceptors (Lipinski definition) is 3. The molecule has 1 aromatic heterocycles. The Hall–Kier alpha value is -1.27. The van der Waals surface area contributed by atoms with E-state index in [1.807, 2.05) is 6.92 Å². The van der Waals surface area contributed by atoms with Crippen molar-refractivity contribution in [1.29, 1.82) is 0 Å². The number of carboxylic acids is 1. The molecule has 2 rings (SSSR count). The van der Waals surface area contributed by atoms with E-state index in [0.29, 0.717) is 27.2 Å². The van der Waals surface area contributed by atoms with Gasteiger partial charge in [0.15, 0.2) is 0 Å². The quantitative estimate of drug-likeness (QED) is 0.896. The van der Waals surface area contributed by atoms with Crippen molar-refractivity contribution >= 4 is 33.2 Å². The first-order chi connectivity index (χ1) is 9.02. The molecule has 0 saturated heterocycles. The van der Waals surface area contributed by atoms with Crippen molar-refractivity contribution in [2.24, 2.45) is 0 Å². The van der Waals surface area contributed by atoms with Gasteiger partial charge in [-0.3, -0.25) is 0 Å². The van der Waals surface area contributed by atoms with Crippen LogP contribution in [0.3, 0.4) is 0 Å². The molecule has 0 aliphatic rings. The highest BCUT2D eigenvalue weighted by atomic mass is 79.9. The van der Waals surface area contributed by atoms with Gasteiger partial charge in [-0.05, 0) is 24.6 Å². The van der Waals surface area contributed by atoms with Crippen LogP contribution < -0.4 is 0 Å². The van der Waals surface area contributed by atoms with E-state index in [-0.39, 0.29) is 10.7 Å². The lowest BCUT2D eigenvalue weighted by molar-refractivity contribution is 0.0700. The van der Waals surface area contributed by atoms with Crippen molar-refractivity contribution in [3.63, 3.8) is 0 Å². The zero-order valence-corrected chi connectivity index (χ0v) is 12.5. The van der Waals surface area contributed by atoms with Crippen LogP contribution in [0.4, 0.5) is 4.39 Å². The molecule has 1 N–H and O–H groups in total. The Kier molecular flexibility index (Phi) is 4.31. The Labute approximate surface area is 122 Å². The molecule has 6 heteroatoms. The number of carboxylic acid groups (broad SMARTS) is 1. The lowest BCUT2D eigenvalue weighted by Crippen LogP contribution is -1.98. The van der Waals surface area contributed by atoms with E-state index in [1.165, 1.54) is 12.1 Å². The van der Waals surface area contributed by atoms with Crippen molar-refractivity contribution in [2.45, 2.75) is 19.8 Å². The number of hydrogen-bond donors (Lipinski definition) is 1. The number of aryl methyl sites for hydroxylation is 1. The molecule has 0 aliphatic carbocycles. The van der Waals surface area contributed by atoms with Crippen LogP contribution in [0.2, 0.25) is 0 Å². The Morgan fingerprint density at radius 3 is 2.89 bits per heavy atom. The zero-order chi connectivity index (χ0) is 14.0. The van der Waals surface area contributed by atoms with E-state index < -0.39 is 5.97 Å². The van der Waals surface area contributed by atoms with Crippen molar-refractivity contribution < 1.29 is 14.3 Å². The highest BCUT2D eigenvalue weighted by Gasteiger charge is 2.19. The summed E-state index contributed by atoms with van der Waals surface area (Å²) in [5.74, 6) is -1.36. The third kappa shape index (κ3) is 3.01. The fourth-order valence-corrected chi connectivity index (χ4v) is 3.25. The maximum absolute atomic E-state index is 13.3. The minimum atomic E-state index is -0.986. The number of rotatable bonds is 4. The number of halogens is 2. The normalized spacial score (nSPS) is 10.7. The van der Waals surface area contributed by atoms with E-state index >= 15 is 0 Å². The van der Waals surface area contributed by atoms with Crippen molar-refractivity contribution in [2.75, 3.05) is 0 Å². The molecule has 1 heterocycles. The van der Waals surface area contributed by atoms with E-state index in [0.717, 1.165) is 17.8 Å². The number of thiazole rings is 1. The van der Waals surface area contributed by atoms with Gasteiger partial charge in [-0.25, -0.2) is 14.2 Å². The largest absolute Gasteiger partial charge is 0.477 e. The molecule has 0 atom stereocenters. The zero-order valence-electron chi connectivity index (χ0n) is 10.1. The highest BCUT2D eigenvalue weighted by Crippen LogP contribution is 2.34. The summed E-state index contributed by atoms with van der Waals surface area (Å²) in [7, 11) is 0. The fraction of sp³-hybridized carbons (Fsp3) is 0.231. The molecule has 0 amide bonds. The van der Waals surface area contributed by atoms with Crippen molar-refractivity contribution in [1.82, 2.24) is 4.98 Å². The topological polar surface area (TPSA) is 50.2 Å². The Balaban J connectivity index is 2.53. The molecule has 3 nitrogen and oxygen atoms in total. The average Bonchev–Trinajstić information content (AvgIpc) is 2.77. The minimum absolute atomic E-state index is 0.230. The van der Waals surface area contributed by atoms with E-state index in [1.54, 1.807) is 6.07 Å². The van der Waals surface area contributed by atoms with Crippen LogP contribution in [-0.2, 0) is 6.42 Å². The van der Waals surface area contributed by atoms with E-state index in [2.05, 4.69) is 20.9 Å². The third-order valence-corrected chi connectivity index (χ3v) is 4.35. The summed E-state index contributed by atoms with van der Waals surface area (Å²) in [4.78, 5) is 15.7. The molecule has 0 radical (unpaired) electrons. The van der Waals surface area contributed by atoms with Crippen LogP contribution in [0.25, 0.3) is 10.6 Å². The van der Waals surface area contributed by atoms with Crippen LogP contribution in [0.1, 0.15) is 28.7 Å². The Bertz CT molecular complexity index is 627. The third-order valence-electron chi connectivity index (χ3n) is 2.54. The number of aromatic carboxylic acids is 1. The van der Waals surface area contributed by atoms with E-state index in [4.69, 9.17) is 5.11 Å². The van der Waals surface area contributed by atoms with E-state index in [9.17, 15) is 9.18 Å². The predicted molar refractivity (Wildman–Crippen MR) is 76.2 cm³/mol. The Morgan fingerprint density at radius 1 is 1.53 bits per heavy atom. The van der Waals surface area contributed by atoms with Crippen LogP contribution >= 0.6 is 27.3 Å². The van der Waals surface area contributed by atoms with Gasteiger partial charge in [0.25, 0.3) is 0 Å². The molecule has 1 aromatic carbocycles. The first-order valence-corrected chi connectivity index (χ1v) is 7.32. The van der Waals surface area contributed by atoms with Crippen LogP contribution in [0.15, 0.2) is 22.7 Å². The molecule has 0 unspecified atom stereocenters. The summed E-state index contributed by atoms with van der Waals surface area (Å²) in [6.45, 7) is 1.96. The summed E-state index contributed by atoms with van der Waals surface area (Å²) in [5, 5.41) is 9.68. The Morgan fingerprint density at radius 2 is 2.26 bits per heavy atom. The molecule has 0 fully saturated rings. The van der Waals surface area contributed by atoms with Gasteiger partial charge in [0.2, 0.25) is 0 Å². The van der Waals surface area contributed by atoms with Gasteiger partial charge in [0.1, 0.15) is 15.7 Å². The number of nitrogens with zero attached hydrogens (tertiary/aromatic N) is 1. The van der Waals surface area contributed by atoms with Gasteiger partial charge in [-0.2, -0.15) is 0 Å². The van der Waals surface area contributed by atoms with Gasteiger partial charge in [0, 0.05) is 10.0 Å². The summed E-state index contributed by atoms with van der Waals surface area (Å²) in [6.07, 6.45) is 1.42. The minimum Gasteiger partial charge on any atom is -0.477 e. The molecular weight excluding hydrogens is 333 g/mol. The lowest BCUT2D eigenvalue weighted by Gasteiger charge is -2.00. The standard InChI is InChI=1S/C13H11BrFNO2S/c1-2-3-10-11(13(17)18)19-12(16-10)8-6-7(15)4-5-9(8)14/h4-6H,2-3H2,1H3,(H,17,18). The molecule has 0 spiro atoms. The molecule has 0 aliphatic heterocycles. The number of carbonyl (C=O) groups is 1. The molecule has 2 aromatic rings. The molecule has 100 valence electrons. The number of aromatic nitrogens is 1. The molecule has 19 heavy (non-hydrogen) atoms. The highest BCUT2D eigenvalue weighted by molar-refractivity contribution is 9.10. The first-order valence-electron chi connectivity index (χ1n) is 5.71. The monoisotopic (exact) mass is 343 g/mol. The van der Waals surface area contributed by atoms with Crippen LogP contribution in [0.5, 0.6) is 0 Å². The predicted octanol–water partition coefficient (Wildman–Crippen LogP) is 4.36. The van der Waals surface area contributed by atoms with Gasteiger partial charge >= 0.3 is 5.97 Å². The maximum atomic E-state index is 13.3. The second-order valence-corrected chi connectivity index (χ2v) is 5.83.